The van der Waals surface area contributed by atoms with Crippen LogP contribution in [0.2, 0.25) is 5.02 Å². The van der Waals surface area contributed by atoms with E-state index in [1.165, 1.54) is 0 Å². The monoisotopic (exact) mass is 259 g/mol. The molecule has 0 aromatic heterocycles. The molecule has 1 N–H and O–H groups in total. The fourth-order valence-corrected chi connectivity index (χ4v) is 1.79. The predicted molar refractivity (Wildman–Crippen MR) is 73.8 cm³/mol. The molecule has 18 heavy (non-hydrogen) atoms. The molecule has 0 saturated heterocycles. The van der Waals surface area contributed by atoms with Gasteiger partial charge >= 0.3 is 0 Å². The van der Waals surface area contributed by atoms with Gasteiger partial charge in [-0.1, -0.05) is 48.0 Å². The summed E-state index contributed by atoms with van der Waals surface area (Å²) in [5.41, 5.74) is 2.63. The molecule has 2 nitrogen and oxygen atoms in total. The number of halogens is 1. The number of nitrogens with one attached hydrogen (secondary N) is 1. The molecule has 2 aromatic rings. The lowest BCUT2D eigenvalue weighted by Gasteiger charge is -2.06. The highest BCUT2D eigenvalue weighted by atomic mass is 35.5. The van der Waals surface area contributed by atoms with E-state index in [0.29, 0.717) is 17.1 Å². The molecule has 92 valence electrons. The average molecular weight is 260 g/mol. The Morgan fingerprint density at radius 2 is 1.89 bits per heavy atom. The molecule has 0 unspecified atom stereocenters. The maximum atomic E-state index is 11.9. The minimum absolute atomic E-state index is 0.110. The van der Waals surface area contributed by atoms with Gasteiger partial charge in [0.05, 0.1) is 0 Å². The Balaban J connectivity index is 2.02. The van der Waals surface area contributed by atoms with Crippen LogP contribution in [0.15, 0.2) is 48.5 Å². The van der Waals surface area contributed by atoms with E-state index in [-0.39, 0.29) is 5.91 Å². The van der Waals surface area contributed by atoms with Crippen LogP contribution in [0, 0.1) is 6.92 Å². The Morgan fingerprint density at radius 1 is 1.17 bits per heavy atom. The molecular formula is C15H14ClNO. The molecule has 1 amide bonds. The molecule has 2 rings (SSSR count). The number of hydrogen-bond acceptors (Lipinski definition) is 1. The molecule has 0 spiro atoms. The van der Waals surface area contributed by atoms with Crippen molar-refractivity contribution >= 4 is 17.5 Å². The fourth-order valence-electron chi connectivity index (χ4n) is 1.61. The Hall–Kier alpha value is -1.80. The number of carbonyl (C=O) groups excluding carboxylic acids is 1. The first-order valence-corrected chi connectivity index (χ1v) is 6.13. The van der Waals surface area contributed by atoms with Gasteiger partial charge in [-0.2, -0.15) is 0 Å². The molecule has 0 aliphatic heterocycles. The number of benzene rings is 2. The molecule has 0 bridgehead atoms. The third-order valence-corrected chi connectivity index (χ3v) is 3.14. The van der Waals surface area contributed by atoms with Crippen molar-refractivity contribution in [1.29, 1.82) is 0 Å². The van der Waals surface area contributed by atoms with Crippen LogP contribution in [0.4, 0.5) is 0 Å². The maximum Gasteiger partial charge on any atom is 0.251 e. The van der Waals surface area contributed by atoms with Gasteiger partial charge < -0.3 is 5.32 Å². The summed E-state index contributed by atoms with van der Waals surface area (Å²) in [5.74, 6) is -0.110. The number of hydrogen-bond donors (Lipinski definition) is 1. The van der Waals surface area contributed by atoms with Crippen molar-refractivity contribution in [3.63, 3.8) is 0 Å². The third kappa shape index (κ3) is 3.11. The molecule has 2 aromatic carbocycles. The minimum atomic E-state index is -0.110. The lowest BCUT2D eigenvalue weighted by atomic mass is 10.1. The predicted octanol–water partition coefficient (Wildman–Crippen LogP) is 3.58. The Kier molecular flexibility index (Phi) is 4.00. The summed E-state index contributed by atoms with van der Waals surface area (Å²) in [6.07, 6.45) is 0. The molecule has 3 heteroatoms. The molecule has 0 fully saturated rings. The molecular weight excluding hydrogens is 246 g/mol. The second-order valence-electron chi connectivity index (χ2n) is 4.13. The normalized spacial score (nSPS) is 10.1. The lowest BCUT2D eigenvalue weighted by Crippen LogP contribution is -2.22. The van der Waals surface area contributed by atoms with Crippen LogP contribution in [0.25, 0.3) is 0 Å². The SMILES string of the molecule is Cc1ccc(C(=O)NCc2ccccc2)cc1Cl. The van der Waals surface area contributed by atoms with Crippen molar-refractivity contribution in [2.45, 2.75) is 13.5 Å². The summed E-state index contributed by atoms with van der Waals surface area (Å²) in [4.78, 5) is 11.9. The van der Waals surface area contributed by atoms with Crippen molar-refractivity contribution in [3.8, 4) is 0 Å². The number of carbonyl (C=O) groups is 1. The first-order valence-electron chi connectivity index (χ1n) is 5.75. The van der Waals surface area contributed by atoms with Gasteiger partial charge in [0.1, 0.15) is 0 Å². The van der Waals surface area contributed by atoms with E-state index in [9.17, 15) is 4.79 Å². The van der Waals surface area contributed by atoms with Gasteiger partial charge in [-0.25, -0.2) is 0 Å². The van der Waals surface area contributed by atoms with Crippen LogP contribution in [-0.4, -0.2) is 5.91 Å². The van der Waals surface area contributed by atoms with E-state index in [1.54, 1.807) is 12.1 Å². The molecule has 0 saturated carbocycles. The quantitative estimate of drug-likeness (QED) is 0.897. The van der Waals surface area contributed by atoms with Crippen LogP contribution < -0.4 is 5.32 Å². The van der Waals surface area contributed by atoms with Gasteiger partial charge in [0.15, 0.2) is 0 Å². The zero-order chi connectivity index (χ0) is 13.0. The number of aryl methyl sites for hydroxylation is 1. The average Bonchev–Trinajstić information content (AvgIpc) is 2.40. The smallest absolute Gasteiger partial charge is 0.251 e. The zero-order valence-corrected chi connectivity index (χ0v) is 10.9. The largest absolute Gasteiger partial charge is 0.348 e. The molecule has 0 heterocycles. The van der Waals surface area contributed by atoms with E-state index in [0.717, 1.165) is 11.1 Å². The van der Waals surface area contributed by atoms with E-state index < -0.39 is 0 Å². The first kappa shape index (κ1) is 12.7. The minimum Gasteiger partial charge on any atom is -0.348 e. The van der Waals surface area contributed by atoms with E-state index in [2.05, 4.69) is 5.32 Å². The van der Waals surface area contributed by atoms with Gasteiger partial charge in [0, 0.05) is 17.1 Å². The molecule has 0 atom stereocenters. The standard InChI is InChI=1S/C15H14ClNO/c1-11-7-8-13(9-14(11)16)15(18)17-10-12-5-3-2-4-6-12/h2-9H,10H2,1H3,(H,17,18). The third-order valence-electron chi connectivity index (χ3n) is 2.73. The van der Waals surface area contributed by atoms with Crippen LogP contribution >= 0.6 is 11.6 Å². The maximum absolute atomic E-state index is 11.9. The zero-order valence-electron chi connectivity index (χ0n) is 10.1. The summed E-state index contributed by atoms with van der Waals surface area (Å²) in [6.45, 7) is 2.43. The molecule has 0 aliphatic rings. The van der Waals surface area contributed by atoms with E-state index in [4.69, 9.17) is 11.6 Å². The van der Waals surface area contributed by atoms with Gasteiger partial charge in [0.25, 0.3) is 5.91 Å². The second kappa shape index (κ2) is 5.69. The highest BCUT2D eigenvalue weighted by Gasteiger charge is 2.06. The summed E-state index contributed by atoms with van der Waals surface area (Å²) in [5, 5.41) is 3.48. The number of amides is 1. The fraction of sp³-hybridized carbons (Fsp3) is 0.133. The van der Waals surface area contributed by atoms with Crippen molar-refractivity contribution in [1.82, 2.24) is 5.32 Å². The first-order chi connectivity index (χ1) is 8.66. The summed E-state index contributed by atoms with van der Waals surface area (Å²) >= 11 is 6.00. The highest BCUT2D eigenvalue weighted by Crippen LogP contribution is 2.16. The van der Waals surface area contributed by atoms with Gasteiger partial charge in [-0.05, 0) is 30.2 Å². The summed E-state index contributed by atoms with van der Waals surface area (Å²) in [6, 6.07) is 15.1. The van der Waals surface area contributed by atoms with Crippen molar-refractivity contribution in [2.75, 3.05) is 0 Å². The molecule has 0 radical (unpaired) electrons. The van der Waals surface area contributed by atoms with E-state index in [1.807, 2.05) is 43.3 Å². The van der Waals surface area contributed by atoms with Gasteiger partial charge in [-0.15, -0.1) is 0 Å². The van der Waals surface area contributed by atoms with Crippen molar-refractivity contribution in [3.05, 3.63) is 70.2 Å². The van der Waals surface area contributed by atoms with Crippen molar-refractivity contribution < 1.29 is 4.79 Å². The highest BCUT2D eigenvalue weighted by molar-refractivity contribution is 6.31. The summed E-state index contributed by atoms with van der Waals surface area (Å²) < 4.78 is 0. The second-order valence-corrected chi connectivity index (χ2v) is 4.54. The van der Waals surface area contributed by atoms with Crippen LogP contribution in [0.5, 0.6) is 0 Å². The summed E-state index contributed by atoms with van der Waals surface area (Å²) in [7, 11) is 0. The lowest BCUT2D eigenvalue weighted by molar-refractivity contribution is 0.0951. The Morgan fingerprint density at radius 3 is 2.56 bits per heavy atom. The van der Waals surface area contributed by atoms with Crippen LogP contribution in [-0.2, 0) is 6.54 Å². The topological polar surface area (TPSA) is 29.1 Å². The Bertz CT molecular complexity index is 552. The number of rotatable bonds is 3. The van der Waals surface area contributed by atoms with Crippen LogP contribution in [0.1, 0.15) is 21.5 Å². The van der Waals surface area contributed by atoms with Gasteiger partial charge in [-0.3, -0.25) is 4.79 Å². The van der Waals surface area contributed by atoms with Crippen molar-refractivity contribution in [2.24, 2.45) is 0 Å². The van der Waals surface area contributed by atoms with Crippen LogP contribution in [0.3, 0.4) is 0 Å². The molecule has 0 aliphatic carbocycles. The van der Waals surface area contributed by atoms with E-state index >= 15 is 0 Å². The Labute approximate surface area is 112 Å². The van der Waals surface area contributed by atoms with Gasteiger partial charge in [0.2, 0.25) is 0 Å².